The minimum Gasteiger partial charge on any atom is -0.338 e. The number of aryl methyl sites for hydroxylation is 1. The summed E-state index contributed by atoms with van der Waals surface area (Å²) in [6, 6.07) is 1.89. The summed E-state index contributed by atoms with van der Waals surface area (Å²) in [6.45, 7) is 3.02. The smallest absolute Gasteiger partial charge is 0.240 e. The fraction of sp³-hybridized carbons (Fsp3) is 0.308. The van der Waals surface area contributed by atoms with Gasteiger partial charge in [0.25, 0.3) is 0 Å². The molecule has 0 fully saturated rings. The minimum atomic E-state index is 0.476. The molecule has 0 aliphatic carbocycles. The van der Waals surface area contributed by atoms with Crippen LogP contribution in [-0.4, -0.2) is 21.7 Å². The normalized spacial score (nSPS) is 10.2. The van der Waals surface area contributed by atoms with E-state index < -0.39 is 0 Å². The van der Waals surface area contributed by atoms with Gasteiger partial charge in [0, 0.05) is 18.0 Å². The monoisotopic (exact) mass is 242 g/mol. The summed E-state index contributed by atoms with van der Waals surface area (Å²) in [5.41, 5.74) is 2.06. The van der Waals surface area contributed by atoms with Crippen LogP contribution in [0.5, 0.6) is 0 Å². The first-order valence-electron chi connectivity index (χ1n) is 5.75. The molecule has 0 saturated carbocycles. The summed E-state index contributed by atoms with van der Waals surface area (Å²) in [5.74, 6) is 3.60. The Morgan fingerprint density at radius 3 is 3.17 bits per heavy atom. The van der Waals surface area contributed by atoms with Crippen molar-refractivity contribution in [3.8, 4) is 23.7 Å². The second kappa shape index (κ2) is 5.94. The van der Waals surface area contributed by atoms with Crippen LogP contribution in [0, 0.1) is 12.3 Å². The van der Waals surface area contributed by atoms with E-state index in [1.54, 1.807) is 6.20 Å². The Hall–Kier alpha value is -2.19. The van der Waals surface area contributed by atoms with Crippen LogP contribution >= 0.6 is 0 Å². The van der Waals surface area contributed by atoms with E-state index in [-0.39, 0.29) is 0 Å². The molecular weight excluding hydrogens is 228 g/mol. The summed E-state index contributed by atoms with van der Waals surface area (Å²) in [4.78, 5) is 8.41. The lowest BCUT2D eigenvalue weighted by atomic mass is 10.1. The molecule has 0 amide bonds. The molecule has 0 bridgehead atoms. The number of rotatable bonds is 5. The second-order valence-electron chi connectivity index (χ2n) is 3.71. The van der Waals surface area contributed by atoms with Gasteiger partial charge in [-0.2, -0.15) is 4.98 Å². The highest BCUT2D eigenvalue weighted by Crippen LogP contribution is 2.20. The number of nitrogens with one attached hydrogen (secondary N) is 1. The predicted molar refractivity (Wildman–Crippen MR) is 67.4 cm³/mol. The zero-order valence-electron chi connectivity index (χ0n) is 10.2. The maximum absolute atomic E-state index is 5.15. The molecular formula is C13H14N4O. The third kappa shape index (κ3) is 2.73. The topological polar surface area (TPSA) is 63.8 Å². The average Bonchev–Trinajstić information content (AvgIpc) is 2.88. The van der Waals surface area contributed by atoms with Crippen LogP contribution in [0.1, 0.15) is 18.4 Å². The van der Waals surface area contributed by atoms with Crippen molar-refractivity contribution in [3.05, 3.63) is 29.9 Å². The lowest BCUT2D eigenvalue weighted by Gasteiger charge is -2.00. The fourth-order valence-electron chi connectivity index (χ4n) is 1.60. The zero-order chi connectivity index (χ0) is 12.8. The van der Waals surface area contributed by atoms with E-state index >= 15 is 0 Å². The second-order valence-corrected chi connectivity index (χ2v) is 3.71. The van der Waals surface area contributed by atoms with E-state index in [1.165, 1.54) is 0 Å². The van der Waals surface area contributed by atoms with Crippen molar-refractivity contribution >= 4 is 0 Å². The van der Waals surface area contributed by atoms with Crippen LogP contribution in [0.25, 0.3) is 11.4 Å². The maximum Gasteiger partial charge on any atom is 0.240 e. The van der Waals surface area contributed by atoms with Crippen LogP contribution in [0.4, 0.5) is 0 Å². The average molecular weight is 242 g/mol. The SMILES string of the molecule is C#CCNCc1nc(-c2ccncc2CC)no1. The van der Waals surface area contributed by atoms with Gasteiger partial charge < -0.3 is 4.52 Å². The quantitative estimate of drug-likeness (QED) is 0.634. The van der Waals surface area contributed by atoms with Crippen molar-refractivity contribution < 1.29 is 4.52 Å². The molecule has 0 saturated heterocycles. The summed E-state index contributed by atoms with van der Waals surface area (Å²) in [7, 11) is 0. The van der Waals surface area contributed by atoms with Gasteiger partial charge in [0.2, 0.25) is 11.7 Å². The van der Waals surface area contributed by atoms with Gasteiger partial charge >= 0.3 is 0 Å². The van der Waals surface area contributed by atoms with Crippen molar-refractivity contribution in [1.82, 2.24) is 20.4 Å². The molecule has 0 radical (unpaired) electrons. The minimum absolute atomic E-state index is 0.476. The van der Waals surface area contributed by atoms with Crippen LogP contribution in [0.3, 0.4) is 0 Å². The van der Waals surface area contributed by atoms with Gasteiger partial charge in [-0.15, -0.1) is 6.42 Å². The number of pyridine rings is 1. The molecule has 0 aromatic carbocycles. The number of nitrogens with zero attached hydrogens (tertiary/aromatic N) is 3. The van der Waals surface area contributed by atoms with Gasteiger partial charge in [0.1, 0.15) is 0 Å². The first-order valence-corrected chi connectivity index (χ1v) is 5.75. The van der Waals surface area contributed by atoms with Crippen molar-refractivity contribution in [3.63, 3.8) is 0 Å². The maximum atomic E-state index is 5.15. The van der Waals surface area contributed by atoms with Crippen molar-refractivity contribution in [2.45, 2.75) is 19.9 Å². The lowest BCUT2D eigenvalue weighted by molar-refractivity contribution is 0.370. The number of hydrogen-bond donors (Lipinski definition) is 1. The van der Waals surface area contributed by atoms with E-state index in [4.69, 9.17) is 10.9 Å². The highest BCUT2D eigenvalue weighted by Gasteiger charge is 2.11. The molecule has 0 unspecified atom stereocenters. The zero-order valence-corrected chi connectivity index (χ0v) is 10.2. The Kier molecular flexibility index (Phi) is 4.05. The number of terminal acetylenes is 1. The molecule has 0 atom stereocenters. The predicted octanol–water partition coefficient (Wildman–Crippen LogP) is 1.42. The first-order chi connectivity index (χ1) is 8.85. The Balaban J connectivity index is 2.16. The van der Waals surface area contributed by atoms with Gasteiger partial charge in [0.05, 0.1) is 13.1 Å². The molecule has 0 aliphatic heterocycles. The molecule has 5 heteroatoms. The molecule has 0 aliphatic rings. The van der Waals surface area contributed by atoms with Gasteiger partial charge in [0.15, 0.2) is 0 Å². The van der Waals surface area contributed by atoms with Crippen molar-refractivity contribution in [1.29, 1.82) is 0 Å². The Morgan fingerprint density at radius 1 is 1.50 bits per heavy atom. The molecule has 5 nitrogen and oxygen atoms in total. The molecule has 2 heterocycles. The van der Waals surface area contributed by atoms with Crippen LogP contribution in [0.2, 0.25) is 0 Å². The van der Waals surface area contributed by atoms with Crippen LogP contribution < -0.4 is 5.32 Å². The molecule has 2 aromatic rings. The third-order valence-electron chi connectivity index (χ3n) is 2.50. The molecule has 18 heavy (non-hydrogen) atoms. The van der Waals surface area contributed by atoms with Gasteiger partial charge in [-0.05, 0) is 18.1 Å². The van der Waals surface area contributed by atoms with E-state index in [9.17, 15) is 0 Å². The number of hydrogen-bond acceptors (Lipinski definition) is 5. The first kappa shape index (κ1) is 12.3. The van der Waals surface area contributed by atoms with E-state index in [1.807, 2.05) is 12.3 Å². The molecule has 92 valence electrons. The van der Waals surface area contributed by atoms with Gasteiger partial charge in [-0.3, -0.25) is 10.3 Å². The Morgan fingerprint density at radius 2 is 2.39 bits per heavy atom. The molecule has 0 spiro atoms. The summed E-state index contributed by atoms with van der Waals surface area (Å²) >= 11 is 0. The molecule has 1 N–H and O–H groups in total. The van der Waals surface area contributed by atoms with E-state index in [0.717, 1.165) is 17.5 Å². The Bertz CT molecular complexity index is 556. The highest BCUT2D eigenvalue weighted by atomic mass is 16.5. The third-order valence-corrected chi connectivity index (χ3v) is 2.50. The Labute approximate surface area is 106 Å². The van der Waals surface area contributed by atoms with E-state index in [0.29, 0.717) is 24.8 Å². The molecule has 2 rings (SSSR count). The van der Waals surface area contributed by atoms with E-state index in [2.05, 4.69) is 33.3 Å². The lowest BCUT2D eigenvalue weighted by Crippen LogP contribution is -2.13. The summed E-state index contributed by atoms with van der Waals surface area (Å²) in [6.07, 6.45) is 9.56. The van der Waals surface area contributed by atoms with Gasteiger partial charge in [-0.1, -0.05) is 18.0 Å². The fourth-order valence-corrected chi connectivity index (χ4v) is 1.60. The van der Waals surface area contributed by atoms with Gasteiger partial charge in [-0.25, -0.2) is 0 Å². The summed E-state index contributed by atoms with van der Waals surface area (Å²) < 4.78 is 5.15. The highest BCUT2D eigenvalue weighted by molar-refractivity contribution is 5.58. The van der Waals surface area contributed by atoms with Crippen LogP contribution in [0.15, 0.2) is 23.0 Å². The summed E-state index contributed by atoms with van der Waals surface area (Å²) in [5, 5.41) is 6.97. The standard InChI is InChI=1S/C13H14N4O/c1-3-6-14-9-12-16-13(17-18-12)11-5-7-15-8-10(11)4-2/h1,5,7-8,14H,4,6,9H2,2H3. The molecule has 2 aromatic heterocycles. The number of aromatic nitrogens is 3. The van der Waals surface area contributed by atoms with Crippen LogP contribution in [-0.2, 0) is 13.0 Å². The van der Waals surface area contributed by atoms with Crippen molar-refractivity contribution in [2.75, 3.05) is 6.54 Å². The largest absolute Gasteiger partial charge is 0.338 e. The van der Waals surface area contributed by atoms with Crippen molar-refractivity contribution in [2.24, 2.45) is 0 Å².